The Labute approximate surface area is 177 Å². The fourth-order valence-corrected chi connectivity index (χ4v) is 3.22. The van der Waals surface area contributed by atoms with Gasteiger partial charge in [-0.15, -0.1) is 0 Å². The molecule has 0 aromatic heterocycles. The van der Waals surface area contributed by atoms with Crippen LogP contribution < -0.4 is 14.9 Å². The molecule has 0 saturated carbocycles. The number of hydrogen-bond acceptors (Lipinski definition) is 6. The number of hydrazone groups is 1. The lowest BCUT2D eigenvalue weighted by Gasteiger charge is -2.14. The molecule has 1 atom stereocenters. The van der Waals surface area contributed by atoms with E-state index in [1.54, 1.807) is 18.2 Å². The van der Waals surface area contributed by atoms with Crippen molar-refractivity contribution in [2.45, 2.75) is 13.0 Å². The second kappa shape index (κ2) is 9.56. The van der Waals surface area contributed by atoms with Gasteiger partial charge in [-0.1, -0.05) is 0 Å². The summed E-state index contributed by atoms with van der Waals surface area (Å²) in [6.07, 6.45) is 0.367. The number of nitrogens with zero attached hydrogens (tertiary/aromatic N) is 1. The first kappa shape index (κ1) is 21.7. The van der Waals surface area contributed by atoms with E-state index in [-0.39, 0.29) is 17.1 Å². The number of nitrogens with one attached hydrogen (secondary N) is 1. The standard InChI is InChI=1S/C18H16Br2N2O6/c1-9(18(25)26)28-14-4-3-10(5-15(14)27-2)8-21-22-17(24)11-6-12(19)16(23)13(20)7-11/h3-9,23H,1-2H3,(H,22,24)(H,25,26)/b21-8-/t9-/m0/s1. The molecule has 0 heterocycles. The second-order valence-electron chi connectivity index (χ2n) is 5.50. The zero-order valence-electron chi connectivity index (χ0n) is 14.8. The number of halogens is 2. The van der Waals surface area contributed by atoms with E-state index in [1.807, 2.05) is 0 Å². The summed E-state index contributed by atoms with van der Waals surface area (Å²) < 4.78 is 11.3. The van der Waals surface area contributed by atoms with Crippen LogP contribution in [0.15, 0.2) is 44.4 Å². The number of rotatable bonds is 7. The zero-order chi connectivity index (χ0) is 20.8. The summed E-state index contributed by atoms with van der Waals surface area (Å²) in [6, 6.07) is 7.70. The minimum absolute atomic E-state index is 0.00771. The van der Waals surface area contributed by atoms with Crippen LogP contribution in [0.25, 0.3) is 0 Å². The van der Waals surface area contributed by atoms with Crippen LogP contribution in [0.4, 0.5) is 0 Å². The normalized spacial score (nSPS) is 11.9. The lowest BCUT2D eigenvalue weighted by Crippen LogP contribution is -2.23. The third-order valence-electron chi connectivity index (χ3n) is 3.50. The number of carbonyl (C=O) groups is 2. The highest BCUT2D eigenvalue weighted by molar-refractivity contribution is 9.11. The average molecular weight is 516 g/mol. The van der Waals surface area contributed by atoms with Gasteiger partial charge in [0.1, 0.15) is 5.75 Å². The summed E-state index contributed by atoms with van der Waals surface area (Å²) in [6.45, 7) is 1.41. The van der Waals surface area contributed by atoms with Crippen molar-refractivity contribution in [1.29, 1.82) is 0 Å². The van der Waals surface area contributed by atoms with Crippen LogP contribution in [0.5, 0.6) is 17.2 Å². The van der Waals surface area contributed by atoms with Crippen molar-refractivity contribution in [3.8, 4) is 17.2 Å². The van der Waals surface area contributed by atoms with Crippen molar-refractivity contribution in [3.63, 3.8) is 0 Å². The Morgan fingerprint density at radius 3 is 2.39 bits per heavy atom. The van der Waals surface area contributed by atoms with Gasteiger partial charge in [-0.3, -0.25) is 4.79 Å². The van der Waals surface area contributed by atoms with E-state index in [9.17, 15) is 14.7 Å². The molecule has 0 unspecified atom stereocenters. The van der Waals surface area contributed by atoms with Crippen LogP contribution in [0.1, 0.15) is 22.8 Å². The molecule has 0 fully saturated rings. The fourth-order valence-electron chi connectivity index (χ4n) is 2.03. The number of methoxy groups -OCH3 is 1. The van der Waals surface area contributed by atoms with Crippen molar-refractivity contribution in [3.05, 3.63) is 50.4 Å². The van der Waals surface area contributed by atoms with Crippen LogP contribution in [-0.4, -0.2) is 41.5 Å². The SMILES string of the molecule is COc1cc(/C=N\NC(=O)c2cc(Br)c(O)c(Br)c2)ccc1O[C@@H](C)C(=O)O. The number of hydrogen-bond donors (Lipinski definition) is 3. The van der Waals surface area contributed by atoms with Gasteiger partial charge in [-0.05, 0) is 74.7 Å². The molecule has 8 nitrogen and oxygen atoms in total. The Hall–Kier alpha value is -2.59. The number of benzene rings is 2. The van der Waals surface area contributed by atoms with Crippen LogP contribution in [0.3, 0.4) is 0 Å². The molecule has 0 saturated heterocycles. The summed E-state index contributed by atoms with van der Waals surface area (Å²) in [5, 5.41) is 22.5. The maximum Gasteiger partial charge on any atom is 0.344 e. The third-order valence-corrected chi connectivity index (χ3v) is 4.71. The van der Waals surface area contributed by atoms with E-state index in [4.69, 9.17) is 14.6 Å². The lowest BCUT2D eigenvalue weighted by atomic mass is 10.2. The van der Waals surface area contributed by atoms with E-state index in [1.165, 1.54) is 32.4 Å². The number of carboxylic acid groups (broad SMARTS) is 1. The summed E-state index contributed by atoms with van der Waals surface area (Å²) in [4.78, 5) is 23.1. The van der Waals surface area contributed by atoms with Gasteiger partial charge in [0.2, 0.25) is 0 Å². The molecule has 148 valence electrons. The predicted molar refractivity (Wildman–Crippen MR) is 109 cm³/mol. The maximum atomic E-state index is 12.2. The topological polar surface area (TPSA) is 117 Å². The Morgan fingerprint density at radius 1 is 1.18 bits per heavy atom. The first-order valence-corrected chi connectivity index (χ1v) is 9.40. The molecule has 0 radical (unpaired) electrons. The van der Waals surface area contributed by atoms with Gasteiger partial charge in [0.05, 0.1) is 22.3 Å². The van der Waals surface area contributed by atoms with Gasteiger partial charge in [0.25, 0.3) is 5.91 Å². The van der Waals surface area contributed by atoms with Crippen molar-refractivity contribution in [1.82, 2.24) is 5.43 Å². The number of carbonyl (C=O) groups excluding carboxylic acids is 1. The van der Waals surface area contributed by atoms with Crippen LogP contribution in [0, 0.1) is 0 Å². The van der Waals surface area contributed by atoms with Crippen molar-refractivity contribution < 1.29 is 29.3 Å². The molecule has 2 aromatic rings. The fraction of sp³-hybridized carbons (Fsp3) is 0.167. The highest BCUT2D eigenvalue weighted by Crippen LogP contribution is 2.33. The summed E-state index contributed by atoms with van der Waals surface area (Å²) >= 11 is 6.32. The van der Waals surface area contributed by atoms with E-state index in [2.05, 4.69) is 42.4 Å². The first-order chi connectivity index (χ1) is 13.2. The Balaban J connectivity index is 2.09. The molecule has 2 aromatic carbocycles. The number of aromatic hydroxyl groups is 1. The maximum absolute atomic E-state index is 12.2. The average Bonchev–Trinajstić information content (AvgIpc) is 2.66. The molecular weight excluding hydrogens is 500 g/mol. The third kappa shape index (κ3) is 5.46. The molecule has 0 aliphatic carbocycles. The molecule has 0 bridgehead atoms. The van der Waals surface area contributed by atoms with Crippen molar-refractivity contribution >= 4 is 50.0 Å². The monoisotopic (exact) mass is 514 g/mol. The predicted octanol–water partition coefficient (Wildman–Crippen LogP) is 3.54. The van der Waals surface area contributed by atoms with Gasteiger partial charge in [0, 0.05) is 5.56 Å². The van der Waals surface area contributed by atoms with E-state index >= 15 is 0 Å². The molecule has 0 aliphatic rings. The van der Waals surface area contributed by atoms with Crippen LogP contribution in [-0.2, 0) is 4.79 Å². The van der Waals surface area contributed by atoms with Gasteiger partial charge in [0.15, 0.2) is 17.6 Å². The molecule has 3 N–H and O–H groups in total. The first-order valence-electron chi connectivity index (χ1n) is 7.81. The number of aliphatic carboxylic acids is 1. The van der Waals surface area contributed by atoms with Crippen molar-refractivity contribution in [2.24, 2.45) is 5.10 Å². The Kier molecular flexibility index (Phi) is 7.41. The van der Waals surface area contributed by atoms with E-state index in [0.29, 0.717) is 20.3 Å². The molecule has 2 rings (SSSR count). The lowest BCUT2D eigenvalue weighted by molar-refractivity contribution is -0.144. The second-order valence-corrected chi connectivity index (χ2v) is 7.20. The largest absolute Gasteiger partial charge is 0.506 e. The Morgan fingerprint density at radius 2 is 1.82 bits per heavy atom. The molecular formula is C18H16Br2N2O6. The number of carboxylic acids is 1. The minimum Gasteiger partial charge on any atom is -0.506 e. The highest BCUT2D eigenvalue weighted by atomic mass is 79.9. The number of ether oxygens (including phenoxy) is 2. The number of amides is 1. The summed E-state index contributed by atoms with van der Waals surface area (Å²) in [5.74, 6) is -0.971. The number of phenols is 1. The van der Waals surface area contributed by atoms with Gasteiger partial charge >= 0.3 is 5.97 Å². The van der Waals surface area contributed by atoms with Gasteiger partial charge < -0.3 is 19.7 Å². The molecule has 10 heteroatoms. The zero-order valence-corrected chi connectivity index (χ0v) is 17.9. The molecule has 0 aliphatic heterocycles. The van der Waals surface area contributed by atoms with E-state index in [0.717, 1.165) is 0 Å². The molecule has 28 heavy (non-hydrogen) atoms. The molecule has 0 spiro atoms. The smallest absolute Gasteiger partial charge is 0.344 e. The van der Waals surface area contributed by atoms with E-state index < -0.39 is 18.0 Å². The Bertz CT molecular complexity index is 909. The van der Waals surface area contributed by atoms with Crippen LogP contribution in [0.2, 0.25) is 0 Å². The number of phenolic OH excluding ortho intramolecular Hbond substituents is 1. The highest BCUT2D eigenvalue weighted by Gasteiger charge is 2.15. The van der Waals surface area contributed by atoms with Gasteiger partial charge in [-0.2, -0.15) is 5.10 Å². The quantitative estimate of drug-likeness (QED) is 0.383. The van der Waals surface area contributed by atoms with Crippen LogP contribution >= 0.6 is 31.9 Å². The molecule has 1 amide bonds. The minimum atomic E-state index is -1.09. The van der Waals surface area contributed by atoms with Gasteiger partial charge in [-0.25, -0.2) is 10.2 Å². The van der Waals surface area contributed by atoms with Crippen molar-refractivity contribution in [2.75, 3.05) is 7.11 Å². The summed E-state index contributed by atoms with van der Waals surface area (Å²) in [5.41, 5.74) is 3.27. The summed E-state index contributed by atoms with van der Waals surface area (Å²) in [7, 11) is 1.43.